The lowest BCUT2D eigenvalue weighted by atomic mass is 10.3. The minimum atomic E-state index is -2.97. The maximum absolute atomic E-state index is 12.3. The average molecular weight is 355 g/mol. The van der Waals surface area contributed by atoms with Crippen molar-refractivity contribution in [3.05, 3.63) is 41.7 Å². The highest BCUT2D eigenvalue weighted by Gasteiger charge is 2.09. The number of hydrogen-bond donors (Lipinski definition) is 2. The number of alkyl halides is 2. The van der Waals surface area contributed by atoms with E-state index in [1.165, 1.54) is 18.3 Å². The molecule has 1 heterocycles. The standard InChI is InChI=1S/C14H13ClF2N6O/c15-11-3-2-9(6-12(11)24-13(16)17)21-7-10(23-18)8-22-14-19-4-1-5-20-14/h1-7,13H,8,18H2,(H,19,20,22). The van der Waals surface area contributed by atoms with E-state index in [1.807, 2.05) is 0 Å². The van der Waals surface area contributed by atoms with Crippen LogP contribution in [0.15, 0.2) is 46.8 Å². The molecular weight excluding hydrogens is 342 g/mol. The van der Waals surface area contributed by atoms with E-state index < -0.39 is 6.61 Å². The van der Waals surface area contributed by atoms with Crippen LogP contribution in [-0.2, 0) is 0 Å². The highest BCUT2D eigenvalue weighted by Crippen LogP contribution is 2.30. The van der Waals surface area contributed by atoms with E-state index in [9.17, 15) is 8.78 Å². The van der Waals surface area contributed by atoms with Gasteiger partial charge in [0.25, 0.3) is 0 Å². The minimum absolute atomic E-state index is 0.0601. The molecule has 0 fully saturated rings. The number of benzene rings is 1. The Hall–Kier alpha value is -2.81. The number of rotatable bonds is 7. The second-order valence-electron chi connectivity index (χ2n) is 4.30. The molecule has 24 heavy (non-hydrogen) atoms. The molecule has 1 aromatic carbocycles. The van der Waals surface area contributed by atoms with E-state index in [1.54, 1.807) is 24.5 Å². The number of nitrogens with two attached hydrogens (primary N) is 1. The van der Waals surface area contributed by atoms with Gasteiger partial charge in [0.1, 0.15) is 5.75 Å². The lowest BCUT2D eigenvalue weighted by Gasteiger charge is -2.07. The third-order valence-corrected chi connectivity index (χ3v) is 2.96. The number of anilines is 1. The van der Waals surface area contributed by atoms with Crippen LogP contribution in [0, 0.1) is 0 Å². The zero-order valence-corrected chi connectivity index (χ0v) is 13.0. The van der Waals surface area contributed by atoms with E-state index in [-0.39, 0.29) is 17.3 Å². The monoisotopic (exact) mass is 354 g/mol. The van der Waals surface area contributed by atoms with Gasteiger partial charge >= 0.3 is 6.61 Å². The Balaban J connectivity index is 2.02. The van der Waals surface area contributed by atoms with Gasteiger partial charge < -0.3 is 15.9 Å². The summed E-state index contributed by atoms with van der Waals surface area (Å²) < 4.78 is 28.9. The fourth-order valence-corrected chi connectivity index (χ4v) is 1.75. The Bertz CT molecular complexity index is 726. The molecule has 126 valence electrons. The molecule has 0 aliphatic rings. The summed E-state index contributed by atoms with van der Waals surface area (Å²) in [5.41, 5.74) is 0.751. The van der Waals surface area contributed by atoms with Crippen LogP contribution in [-0.4, -0.2) is 35.1 Å². The lowest BCUT2D eigenvalue weighted by Crippen LogP contribution is -2.18. The highest BCUT2D eigenvalue weighted by molar-refractivity contribution is 6.33. The largest absolute Gasteiger partial charge is 0.433 e. The first-order chi connectivity index (χ1) is 11.6. The Morgan fingerprint density at radius 1 is 1.38 bits per heavy atom. The van der Waals surface area contributed by atoms with Crippen LogP contribution in [0.4, 0.5) is 20.4 Å². The summed E-state index contributed by atoms with van der Waals surface area (Å²) >= 11 is 5.77. The fourth-order valence-electron chi connectivity index (χ4n) is 1.59. The summed E-state index contributed by atoms with van der Waals surface area (Å²) in [4.78, 5) is 12.1. The normalized spacial score (nSPS) is 11.9. The number of halogens is 3. The van der Waals surface area contributed by atoms with Crippen LogP contribution in [0.5, 0.6) is 5.75 Å². The summed E-state index contributed by atoms with van der Waals surface area (Å²) in [6, 6.07) is 5.91. The number of hydrogen-bond acceptors (Lipinski definition) is 7. The molecule has 2 rings (SSSR count). The predicted molar refractivity (Wildman–Crippen MR) is 88.4 cm³/mol. The van der Waals surface area contributed by atoms with Crippen molar-refractivity contribution in [2.24, 2.45) is 15.9 Å². The van der Waals surface area contributed by atoms with Crippen LogP contribution in [0.2, 0.25) is 5.02 Å². The SMILES string of the molecule is NN=C(C=Nc1ccc(Cl)c(OC(F)F)c1)CNc1ncccn1. The predicted octanol–water partition coefficient (Wildman–Crippen LogP) is 2.86. The Morgan fingerprint density at radius 2 is 2.12 bits per heavy atom. The number of aromatic nitrogens is 2. The van der Waals surface area contributed by atoms with E-state index in [0.717, 1.165) is 0 Å². The van der Waals surface area contributed by atoms with Crippen molar-refractivity contribution in [1.82, 2.24) is 9.97 Å². The topological polar surface area (TPSA) is 97.8 Å². The van der Waals surface area contributed by atoms with E-state index in [2.05, 4.69) is 30.1 Å². The number of nitrogens with one attached hydrogen (secondary N) is 1. The van der Waals surface area contributed by atoms with E-state index >= 15 is 0 Å². The lowest BCUT2D eigenvalue weighted by molar-refractivity contribution is -0.0497. The third kappa shape index (κ3) is 5.43. The summed E-state index contributed by atoms with van der Waals surface area (Å²) in [5, 5.41) is 6.55. The molecule has 0 aliphatic heterocycles. The number of ether oxygens (including phenoxy) is 1. The molecule has 1 aromatic heterocycles. The molecule has 7 nitrogen and oxygen atoms in total. The van der Waals surface area contributed by atoms with Crippen LogP contribution in [0.1, 0.15) is 0 Å². The average Bonchev–Trinajstić information content (AvgIpc) is 2.58. The van der Waals surface area contributed by atoms with Crippen molar-refractivity contribution in [3.63, 3.8) is 0 Å². The molecule has 2 aromatic rings. The molecule has 10 heteroatoms. The van der Waals surface area contributed by atoms with Crippen LogP contribution in [0.25, 0.3) is 0 Å². The highest BCUT2D eigenvalue weighted by atomic mass is 35.5. The zero-order chi connectivity index (χ0) is 17.4. The second kappa shape index (κ2) is 8.73. The number of nitrogens with zero attached hydrogens (tertiary/aromatic N) is 4. The summed E-state index contributed by atoms with van der Waals surface area (Å²) in [5.74, 6) is 5.54. The first-order valence-corrected chi connectivity index (χ1v) is 7.02. The molecule has 0 bridgehead atoms. The molecule has 0 saturated carbocycles. The summed E-state index contributed by atoms with van der Waals surface area (Å²) in [7, 11) is 0. The quantitative estimate of drug-likeness (QED) is 0.452. The van der Waals surface area contributed by atoms with E-state index in [0.29, 0.717) is 17.3 Å². The third-order valence-electron chi connectivity index (χ3n) is 2.65. The minimum Gasteiger partial charge on any atom is -0.433 e. The second-order valence-corrected chi connectivity index (χ2v) is 4.71. The van der Waals surface area contributed by atoms with Crippen molar-refractivity contribution in [2.45, 2.75) is 6.61 Å². The van der Waals surface area contributed by atoms with Crippen molar-refractivity contribution >= 4 is 35.2 Å². The van der Waals surface area contributed by atoms with Crippen LogP contribution >= 0.6 is 11.6 Å². The Labute approximate surface area is 141 Å². The van der Waals surface area contributed by atoms with Gasteiger partial charge in [0.05, 0.1) is 29.2 Å². The molecule has 0 spiro atoms. The van der Waals surface area contributed by atoms with Gasteiger partial charge in [0.2, 0.25) is 5.95 Å². The zero-order valence-electron chi connectivity index (χ0n) is 12.2. The Morgan fingerprint density at radius 3 is 2.79 bits per heavy atom. The first-order valence-electron chi connectivity index (χ1n) is 6.64. The number of hydrazone groups is 1. The fraction of sp³-hybridized carbons (Fsp3) is 0.143. The van der Waals surface area contributed by atoms with Crippen LogP contribution in [0.3, 0.4) is 0 Å². The van der Waals surface area contributed by atoms with Gasteiger partial charge in [0.15, 0.2) is 0 Å². The van der Waals surface area contributed by atoms with Crippen LogP contribution < -0.4 is 15.9 Å². The van der Waals surface area contributed by atoms with Gasteiger partial charge in [-0.15, -0.1) is 0 Å². The molecule has 0 amide bonds. The van der Waals surface area contributed by atoms with Crippen molar-refractivity contribution in [2.75, 3.05) is 11.9 Å². The summed E-state index contributed by atoms with van der Waals surface area (Å²) in [6.45, 7) is -2.74. The van der Waals surface area contributed by atoms with Gasteiger partial charge in [-0.2, -0.15) is 13.9 Å². The van der Waals surface area contributed by atoms with Crippen molar-refractivity contribution in [1.29, 1.82) is 0 Å². The van der Waals surface area contributed by atoms with Gasteiger partial charge in [-0.25, -0.2) is 9.97 Å². The molecule has 0 atom stereocenters. The molecule has 0 unspecified atom stereocenters. The molecule has 0 aliphatic carbocycles. The smallest absolute Gasteiger partial charge is 0.387 e. The van der Waals surface area contributed by atoms with Gasteiger partial charge in [-0.05, 0) is 18.2 Å². The summed E-state index contributed by atoms with van der Waals surface area (Å²) in [6.07, 6.45) is 4.55. The molecule has 0 radical (unpaired) electrons. The Kier molecular flexibility index (Phi) is 6.38. The maximum Gasteiger partial charge on any atom is 0.387 e. The van der Waals surface area contributed by atoms with Gasteiger partial charge in [-0.3, -0.25) is 4.99 Å². The van der Waals surface area contributed by atoms with Crippen molar-refractivity contribution < 1.29 is 13.5 Å². The maximum atomic E-state index is 12.3. The number of aliphatic imine (C=N–C) groups is 1. The van der Waals surface area contributed by atoms with Crippen molar-refractivity contribution in [3.8, 4) is 5.75 Å². The first kappa shape index (κ1) is 17.5. The van der Waals surface area contributed by atoms with E-state index in [4.69, 9.17) is 17.4 Å². The molecule has 3 N–H and O–H groups in total. The van der Waals surface area contributed by atoms with Gasteiger partial charge in [0, 0.05) is 18.5 Å². The molecular formula is C14H13ClF2N6O. The molecule has 0 saturated heterocycles. The van der Waals surface area contributed by atoms with Gasteiger partial charge in [-0.1, -0.05) is 11.6 Å².